The molecule has 2 aromatic carbocycles. The van der Waals surface area contributed by atoms with Crippen molar-refractivity contribution in [1.82, 2.24) is 14.7 Å². The van der Waals surface area contributed by atoms with Crippen molar-refractivity contribution in [3.63, 3.8) is 0 Å². The molecule has 1 aromatic heterocycles. The van der Waals surface area contributed by atoms with E-state index in [1.807, 2.05) is 39.9 Å². The fourth-order valence-corrected chi connectivity index (χ4v) is 4.25. The fourth-order valence-electron chi connectivity index (χ4n) is 4.03. The van der Waals surface area contributed by atoms with Crippen molar-refractivity contribution in [3.05, 3.63) is 82.1 Å². The van der Waals surface area contributed by atoms with Crippen LogP contribution >= 0.6 is 11.6 Å². The molecule has 2 aliphatic rings. The summed E-state index contributed by atoms with van der Waals surface area (Å²) in [6, 6.07) is 16.1. The Morgan fingerprint density at radius 1 is 1.08 bits per heavy atom. The van der Waals surface area contributed by atoms with E-state index in [9.17, 15) is 4.79 Å². The lowest BCUT2D eigenvalue weighted by Crippen LogP contribution is -2.44. The van der Waals surface area contributed by atoms with Crippen molar-refractivity contribution in [2.24, 2.45) is 0 Å². The first-order valence-electron chi connectivity index (χ1n) is 8.44. The molecule has 124 valence electrons. The van der Waals surface area contributed by atoms with Gasteiger partial charge in [0, 0.05) is 13.0 Å². The lowest BCUT2D eigenvalue weighted by Gasteiger charge is -2.40. The molecule has 1 amide bonds. The van der Waals surface area contributed by atoms with E-state index < -0.39 is 0 Å². The largest absolute Gasteiger partial charge is 0.331 e. The number of rotatable bonds is 1. The second-order valence-corrected chi connectivity index (χ2v) is 6.94. The summed E-state index contributed by atoms with van der Waals surface area (Å²) >= 11 is 6.36. The third-order valence-electron chi connectivity index (χ3n) is 5.24. The Kier molecular flexibility index (Phi) is 3.22. The van der Waals surface area contributed by atoms with Gasteiger partial charge in [-0.25, -0.2) is 4.68 Å². The Balaban J connectivity index is 1.65. The van der Waals surface area contributed by atoms with E-state index >= 15 is 0 Å². The number of benzene rings is 2. The highest BCUT2D eigenvalue weighted by molar-refractivity contribution is 6.32. The highest BCUT2D eigenvalue weighted by Gasteiger charge is 2.38. The van der Waals surface area contributed by atoms with Crippen molar-refractivity contribution in [1.29, 1.82) is 0 Å². The topological polar surface area (TPSA) is 38.1 Å². The van der Waals surface area contributed by atoms with E-state index in [1.54, 1.807) is 6.20 Å². The average Bonchev–Trinajstić information content (AvgIpc) is 3.06. The summed E-state index contributed by atoms with van der Waals surface area (Å²) in [6.45, 7) is 0.761. The summed E-state index contributed by atoms with van der Waals surface area (Å²) in [6.07, 6.45) is 3.34. The van der Waals surface area contributed by atoms with Gasteiger partial charge in [0.25, 0.3) is 5.91 Å². The number of hydrogen-bond donors (Lipinski definition) is 0. The van der Waals surface area contributed by atoms with Gasteiger partial charge in [0.15, 0.2) is 0 Å². The number of aromatic nitrogens is 2. The number of nitrogens with zero attached hydrogens (tertiary/aromatic N) is 3. The molecule has 0 spiro atoms. The van der Waals surface area contributed by atoms with E-state index in [4.69, 9.17) is 11.6 Å². The lowest BCUT2D eigenvalue weighted by atomic mass is 9.86. The van der Waals surface area contributed by atoms with Crippen molar-refractivity contribution in [3.8, 4) is 5.69 Å². The maximum atomic E-state index is 13.0. The van der Waals surface area contributed by atoms with Crippen molar-refractivity contribution in [2.45, 2.75) is 18.9 Å². The van der Waals surface area contributed by atoms with Crippen molar-refractivity contribution < 1.29 is 4.79 Å². The SMILES string of the molecule is O=C1c2cnn(-c3ccccc3Cl)c2C[C@H]2c3ccccc3CCN12. The number of amides is 1. The van der Waals surface area contributed by atoms with Crippen LogP contribution in [-0.2, 0) is 12.8 Å². The Morgan fingerprint density at radius 3 is 2.76 bits per heavy atom. The van der Waals surface area contributed by atoms with E-state index in [2.05, 4.69) is 23.3 Å². The molecule has 0 bridgehead atoms. The fraction of sp³-hybridized carbons (Fsp3) is 0.200. The van der Waals surface area contributed by atoms with Crippen molar-refractivity contribution in [2.75, 3.05) is 6.54 Å². The maximum Gasteiger partial charge on any atom is 0.257 e. The second-order valence-electron chi connectivity index (χ2n) is 6.54. The van der Waals surface area contributed by atoms with Crippen LogP contribution in [0.5, 0.6) is 0 Å². The number of hydrogen-bond acceptors (Lipinski definition) is 2. The molecular weight excluding hydrogens is 334 g/mol. The third kappa shape index (κ3) is 2.14. The van der Waals surface area contributed by atoms with Crippen LogP contribution < -0.4 is 0 Å². The number of para-hydroxylation sites is 1. The molecule has 5 rings (SSSR count). The van der Waals surface area contributed by atoms with Crippen LogP contribution in [-0.4, -0.2) is 27.1 Å². The number of fused-ring (bicyclic) bond motifs is 4. The predicted molar refractivity (Wildman–Crippen MR) is 96.2 cm³/mol. The standard InChI is InChI=1S/C20H16ClN3O/c21-16-7-3-4-8-17(16)24-19-11-18-14-6-2-1-5-13(14)9-10-23(18)20(25)15(19)12-22-24/h1-8,12,18H,9-11H2/t18-/m0/s1. The maximum absolute atomic E-state index is 13.0. The van der Waals surface area contributed by atoms with Crippen LogP contribution in [0, 0.1) is 0 Å². The molecule has 0 fully saturated rings. The van der Waals surface area contributed by atoms with Gasteiger partial charge in [0.05, 0.1) is 34.2 Å². The summed E-state index contributed by atoms with van der Waals surface area (Å²) in [5.74, 6) is 0.0686. The summed E-state index contributed by atoms with van der Waals surface area (Å²) in [4.78, 5) is 15.0. The molecule has 0 saturated carbocycles. The van der Waals surface area contributed by atoms with E-state index in [-0.39, 0.29) is 11.9 Å². The molecule has 2 aliphatic heterocycles. The van der Waals surface area contributed by atoms with Crippen LogP contribution in [0.1, 0.15) is 33.2 Å². The highest BCUT2D eigenvalue weighted by Crippen LogP contribution is 2.38. The van der Waals surface area contributed by atoms with Crippen LogP contribution in [0.25, 0.3) is 5.69 Å². The average molecular weight is 350 g/mol. The summed E-state index contributed by atoms with van der Waals surface area (Å²) in [7, 11) is 0. The first-order chi connectivity index (χ1) is 12.2. The molecule has 0 unspecified atom stereocenters. The molecule has 0 N–H and O–H groups in total. The van der Waals surface area contributed by atoms with E-state index in [1.165, 1.54) is 11.1 Å². The monoisotopic (exact) mass is 349 g/mol. The third-order valence-corrected chi connectivity index (χ3v) is 5.56. The Hall–Kier alpha value is -2.59. The van der Waals surface area contributed by atoms with E-state index in [0.717, 1.165) is 30.8 Å². The van der Waals surface area contributed by atoms with Gasteiger partial charge in [-0.3, -0.25) is 4.79 Å². The van der Waals surface area contributed by atoms with Gasteiger partial charge in [-0.05, 0) is 29.7 Å². The minimum Gasteiger partial charge on any atom is -0.331 e. The highest BCUT2D eigenvalue weighted by atomic mass is 35.5. The molecule has 4 nitrogen and oxygen atoms in total. The molecule has 0 aliphatic carbocycles. The number of halogens is 1. The molecule has 1 atom stereocenters. The lowest BCUT2D eigenvalue weighted by molar-refractivity contribution is 0.0629. The van der Waals surface area contributed by atoms with Gasteiger partial charge in [-0.15, -0.1) is 0 Å². The second kappa shape index (κ2) is 5.46. The van der Waals surface area contributed by atoms with Crippen LogP contribution in [0.15, 0.2) is 54.7 Å². The molecule has 3 aromatic rings. The Bertz CT molecular complexity index is 994. The van der Waals surface area contributed by atoms with Gasteiger partial charge in [-0.1, -0.05) is 48.0 Å². The summed E-state index contributed by atoms with van der Waals surface area (Å²) in [5.41, 5.74) is 5.03. The van der Waals surface area contributed by atoms with Gasteiger partial charge >= 0.3 is 0 Å². The van der Waals surface area contributed by atoms with Gasteiger partial charge < -0.3 is 4.90 Å². The van der Waals surface area contributed by atoms with Crippen molar-refractivity contribution >= 4 is 17.5 Å². The molecule has 0 saturated heterocycles. The summed E-state index contributed by atoms with van der Waals surface area (Å²) < 4.78 is 1.82. The van der Waals surface area contributed by atoms with Gasteiger partial charge in [0.2, 0.25) is 0 Å². The quantitative estimate of drug-likeness (QED) is 0.669. The zero-order chi connectivity index (χ0) is 17.0. The first-order valence-corrected chi connectivity index (χ1v) is 8.82. The van der Waals surface area contributed by atoms with Crippen LogP contribution in [0.3, 0.4) is 0 Å². The first kappa shape index (κ1) is 14.7. The molecule has 3 heterocycles. The molecule has 25 heavy (non-hydrogen) atoms. The predicted octanol–water partition coefficient (Wildman–Crippen LogP) is 3.82. The smallest absolute Gasteiger partial charge is 0.257 e. The van der Waals surface area contributed by atoms with Gasteiger partial charge in [0.1, 0.15) is 0 Å². The van der Waals surface area contributed by atoms with Crippen LogP contribution in [0.4, 0.5) is 0 Å². The normalized spacial score (nSPS) is 18.5. The minimum atomic E-state index is 0.0686. The van der Waals surface area contributed by atoms with Crippen LogP contribution in [0.2, 0.25) is 5.02 Å². The van der Waals surface area contributed by atoms with E-state index in [0.29, 0.717) is 10.6 Å². The zero-order valence-corrected chi connectivity index (χ0v) is 14.3. The van der Waals surface area contributed by atoms with Gasteiger partial charge in [-0.2, -0.15) is 5.10 Å². The Labute approximate surface area is 150 Å². The number of carbonyl (C=O) groups excluding carboxylic acids is 1. The Morgan fingerprint density at radius 2 is 1.88 bits per heavy atom. The summed E-state index contributed by atoms with van der Waals surface area (Å²) in [5, 5.41) is 5.11. The molecule has 0 radical (unpaired) electrons. The zero-order valence-electron chi connectivity index (χ0n) is 13.5. The molecular formula is C20H16ClN3O. The minimum absolute atomic E-state index is 0.0686. The number of carbonyl (C=O) groups is 1. The molecule has 5 heteroatoms.